The molecule has 2 aromatic rings. The normalized spacial score (nSPS) is 14.1. The van der Waals surface area contributed by atoms with Crippen LogP contribution in [0.4, 0.5) is 15.0 Å². The Kier molecular flexibility index (Phi) is 5.13. The number of hydrogen-bond acceptors (Lipinski definition) is 4. The Hall–Kier alpha value is -2.57. The lowest BCUT2D eigenvalue weighted by molar-refractivity contribution is 0.0219. The van der Waals surface area contributed by atoms with Gasteiger partial charge in [-0.15, -0.1) is 0 Å². The molecule has 0 bridgehead atoms. The van der Waals surface area contributed by atoms with Crippen LogP contribution in [0.25, 0.3) is 0 Å². The van der Waals surface area contributed by atoms with Crippen LogP contribution in [-0.4, -0.2) is 47.0 Å². The molecule has 0 aliphatic carbocycles. The molecule has 1 aliphatic rings. The number of amides is 1. The predicted octanol–water partition coefficient (Wildman–Crippen LogP) is 3.43. The minimum Gasteiger partial charge on any atom is -0.444 e. The quantitative estimate of drug-likeness (QED) is 0.826. The third-order valence-electron chi connectivity index (χ3n) is 4.44. The maximum absolute atomic E-state index is 13.2. The summed E-state index contributed by atoms with van der Waals surface area (Å²) in [6, 6.07) is 6.41. The van der Waals surface area contributed by atoms with Crippen LogP contribution in [-0.2, 0) is 24.2 Å². The lowest BCUT2D eigenvalue weighted by Gasteiger charge is -2.30. The van der Waals surface area contributed by atoms with Crippen LogP contribution in [0.15, 0.2) is 24.3 Å². The van der Waals surface area contributed by atoms with E-state index >= 15 is 0 Å². The molecule has 1 amide bonds. The van der Waals surface area contributed by atoms with Gasteiger partial charge in [-0.1, -0.05) is 12.1 Å². The molecular formula is C20H27FN4O2. The highest BCUT2D eigenvalue weighted by Crippen LogP contribution is 2.29. The Morgan fingerprint density at radius 3 is 2.52 bits per heavy atom. The number of carbonyl (C=O) groups is 1. The molecule has 0 unspecified atom stereocenters. The fourth-order valence-corrected chi connectivity index (χ4v) is 3.19. The molecule has 0 fully saturated rings. The van der Waals surface area contributed by atoms with Crippen molar-refractivity contribution in [3.63, 3.8) is 0 Å². The second-order valence-electron chi connectivity index (χ2n) is 8.08. The van der Waals surface area contributed by atoms with Gasteiger partial charge in [0.2, 0.25) is 0 Å². The van der Waals surface area contributed by atoms with Crippen LogP contribution in [0.5, 0.6) is 0 Å². The molecule has 146 valence electrons. The molecule has 1 aromatic heterocycles. The number of ether oxygens (including phenoxy) is 1. The van der Waals surface area contributed by atoms with Crippen LogP contribution in [0, 0.1) is 5.82 Å². The molecule has 0 N–H and O–H groups in total. The Morgan fingerprint density at radius 1 is 1.26 bits per heavy atom. The first-order valence-corrected chi connectivity index (χ1v) is 9.12. The van der Waals surface area contributed by atoms with Crippen molar-refractivity contribution >= 4 is 11.9 Å². The second-order valence-corrected chi connectivity index (χ2v) is 8.08. The lowest BCUT2D eigenvalue weighted by Crippen LogP contribution is -2.40. The molecular weight excluding hydrogens is 347 g/mol. The number of hydrogen-bond donors (Lipinski definition) is 0. The number of halogens is 1. The van der Waals surface area contributed by atoms with Gasteiger partial charge in [-0.05, 0) is 44.9 Å². The number of fused-ring (bicyclic) bond motifs is 1. The van der Waals surface area contributed by atoms with Gasteiger partial charge in [0.1, 0.15) is 11.4 Å². The summed E-state index contributed by atoms with van der Waals surface area (Å²) in [5.74, 6) is 0.655. The first kappa shape index (κ1) is 19.2. The van der Waals surface area contributed by atoms with Gasteiger partial charge >= 0.3 is 6.09 Å². The first-order valence-electron chi connectivity index (χ1n) is 9.12. The molecule has 1 aromatic carbocycles. The molecule has 0 atom stereocenters. The zero-order chi connectivity index (χ0) is 19.8. The molecule has 0 saturated carbocycles. The molecule has 2 heterocycles. The zero-order valence-corrected chi connectivity index (χ0v) is 16.6. The van der Waals surface area contributed by atoms with Gasteiger partial charge in [-0.25, -0.2) is 9.18 Å². The monoisotopic (exact) mass is 374 g/mol. The summed E-state index contributed by atoms with van der Waals surface area (Å²) in [5.41, 5.74) is 2.59. The minimum absolute atomic E-state index is 0.258. The topological polar surface area (TPSA) is 50.6 Å². The van der Waals surface area contributed by atoms with E-state index in [0.717, 1.165) is 29.1 Å². The molecule has 0 saturated heterocycles. The summed E-state index contributed by atoms with van der Waals surface area (Å²) in [7, 11) is 3.93. The highest BCUT2D eigenvalue weighted by molar-refractivity contribution is 5.69. The highest BCUT2D eigenvalue weighted by Gasteiger charge is 2.30. The van der Waals surface area contributed by atoms with Crippen LogP contribution in [0.3, 0.4) is 0 Å². The van der Waals surface area contributed by atoms with E-state index in [9.17, 15) is 9.18 Å². The number of rotatable bonds is 3. The first-order chi connectivity index (χ1) is 12.6. The lowest BCUT2D eigenvalue weighted by atomic mass is 10.1. The van der Waals surface area contributed by atoms with Crippen LogP contribution >= 0.6 is 0 Å². The number of benzene rings is 1. The fourth-order valence-electron chi connectivity index (χ4n) is 3.19. The largest absolute Gasteiger partial charge is 0.444 e. The predicted molar refractivity (Wildman–Crippen MR) is 102 cm³/mol. The maximum atomic E-state index is 13.2. The Labute approximate surface area is 159 Å². The summed E-state index contributed by atoms with van der Waals surface area (Å²) in [5, 5.41) is 4.75. The number of carbonyl (C=O) groups excluding carboxylic acids is 1. The fraction of sp³-hybridized carbons (Fsp3) is 0.500. The van der Waals surface area contributed by atoms with Crippen molar-refractivity contribution in [1.82, 2.24) is 14.7 Å². The van der Waals surface area contributed by atoms with E-state index in [2.05, 4.69) is 0 Å². The van der Waals surface area contributed by atoms with Gasteiger partial charge in [0, 0.05) is 26.2 Å². The third kappa shape index (κ3) is 4.40. The molecule has 3 rings (SSSR count). The van der Waals surface area contributed by atoms with Crippen molar-refractivity contribution in [2.75, 3.05) is 25.5 Å². The number of anilines is 1. The van der Waals surface area contributed by atoms with Crippen molar-refractivity contribution in [3.05, 3.63) is 46.9 Å². The van der Waals surface area contributed by atoms with Gasteiger partial charge in [-0.3, -0.25) is 4.68 Å². The smallest absolute Gasteiger partial charge is 0.410 e. The minimum atomic E-state index is -0.527. The summed E-state index contributed by atoms with van der Waals surface area (Å²) in [4.78, 5) is 16.2. The third-order valence-corrected chi connectivity index (χ3v) is 4.44. The van der Waals surface area contributed by atoms with E-state index in [-0.39, 0.29) is 11.9 Å². The van der Waals surface area contributed by atoms with Crippen molar-refractivity contribution in [2.45, 2.75) is 45.9 Å². The molecule has 6 nitrogen and oxygen atoms in total. The molecule has 1 aliphatic heterocycles. The zero-order valence-electron chi connectivity index (χ0n) is 16.6. The summed E-state index contributed by atoms with van der Waals surface area (Å²) >= 11 is 0. The number of aromatic nitrogens is 2. The van der Waals surface area contributed by atoms with E-state index in [1.54, 1.807) is 17.0 Å². The van der Waals surface area contributed by atoms with E-state index in [4.69, 9.17) is 9.84 Å². The average Bonchev–Trinajstić information content (AvgIpc) is 2.93. The maximum Gasteiger partial charge on any atom is 0.410 e. The summed E-state index contributed by atoms with van der Waals surface area (Å²) in [6.07, 6.45) is 0.417. The van der Waals surface area contributed by atoms with Crippen molar-refractivity contribution in [3.8, 4) is 0 Å². The van der Waals surface area contributed by atoms with Crippen LogP contribution in [0.2, 0.25) is 0 Å². The van der Waals surface area contributed by atoms with Gasteiger partial charge < -0.3 is 14.5 Å². The van der Waals surface area contributed by atoms with E-state index < -0.39 is 5.60 Å². The van der Waals surface area contributed by atoms with Gasteiger partial charge in [0.25, 0.3) is 0 Å². The van der Waals surface area contributed by atoms with Gasteiger partial charge in [-0.2, -0.15) is 5.10 Å². The Bertz CT molecular complexity index is 822. The standard InChI is InChI=1S/C20H27FN4O2/c1-20(2,3)27-19(26)24-11-10-16-17(13-24)25(22-18(16)23(4)5)12-14-6-8-15(21)9-7-14/h6-9H,10-13H2,1-5H3. The molecule has 7 heteroatoms. The summed E-state index contributed by atoms with van der Waals surface area (Å²) < 4.78 is 20.6. The van der Waals surface area contributed by atoms with Crippen molar-refractivity contribution < 1.29 is 13.9 Å². The van der Waals surface area contributed by atoms with Crippen molar-refractivity contribution in [2.24, 2.45) is 0 Å². The van der Waals surface area contributed by atoms with Gasteiger partial charge in [0.15, 0.2) is 5.82 Å². The van der Waals surface area contributed by atoms with Crippen LogP contribution in [0.1, 0.15) is 37.6 Å². The SMILES string of the molecule is CN(C)c1nn(Cc2ccc(F)cc2)c2c1CCN(C(=O)OC(C)(C)C)C2. The molecule has 0 spiro atoms. The highest BCUT2D eigenvalue weighted by atomic mass is 19.1. The van der Waals surface area contributed by atoms with Crippen molar-refractivity contribution in [1.29, 1.82) is 0 Å². The molecule has 27 heavy (non-hydrogen) atoms. The van der Waals surface area contributed by atoms with E-state index in [0.29, 0.717) is 19.6 Å². The number of nitrogens with zero attached hydrogens (tertiary/aromatic N) is 4. The van der Waals surface area contributed by atoms with Gasteiger partial charge in [0.05, 0.1) is 18.8 Å². The van der Waals surface area contributed by atoms with E-state index in [1.807, 2.05) is 44.4 Å². The summed E-state index contributed by atoms with van der Waals surface area (Å²) in [6.45, 7) is 7.17. The second kappa shape index (κ2) is 7.21. The van der Waals surface area contributed by atoms with E-state index in [1.165, 1.54) is 12.1 Å². The van der Waals surface area contributed by atoms with Crippen LogP contribution < -0.4 is 4.90 Å². The average molecular weight is 374 g/mol. The molecule has 0 radical (unpaired) electrons. The Morgan fingerprint density at radius 2 is 1.93 bits per heavy atom. The Balaban J connectivity index is 1.88.